The molecule has 0 saturated heterocycles. The molecule has 0 aromatic carbocycles. The molecule has 0 aliphatic heterocycles. The molecular weight excluding hydrogens is 168 g/mol. The molecule has 13 heavy (non-hydrogen) atoms. The number of hydrogen-bond acceptors (Lipinski definition) is 3. The van der Waals surface area contributed by atoms with Gasteiger partial charge < -0.3 is 10.8 Å². The Kier molecular flexibility index (Phi) is 2.97. The van der Waals surface area contributed by atoms with Crippen LogP contribution in [0.25, 0.3) is 0 Å². The molecule has 1 aromatic heterocycles. The largest absolute Gasteiger partial charge is 0.481 e. The normalized spacial score (nSPS) is 12.5. The summed E-state index contributed by atoms with van der Waals surface area (Å²) in [4.78, 5) is 14.4. The maximum atomic E-state index is 10.4. The summed E-state index contributed by atoms with van der Waals surface area (Å²) in [6.45, 7) is 1.84. The van der Waals surface area contributed by atoms with Crippen molar-refractivity contribution >= 4 is 5.97 Å². The second-order valence-electron chi connectivity index (χ2n) is 2.93. The van der Waals surface area contributed by atoms with Gasteiger partial charge in [-0.15, -0.1) is 0 Å². The monoisotopic (exact) mass is 180 g/mol. The van der Waals surface area contributed by atoms with Crippen molar-refractivity contribution in [3.63, 3.8) is 0 Å². The van der Waals surface area contributed by atoms with Gasteiger partial charge in [-0.05, 0) is 24.6 Å². The van der Waals surface area contributed by atoms with E-state index in [9.17, 15) is 4.79 Å². The molecule has 4 nitrogen and oxygen atoms in total. The van der Waals surface area contributed by atoms with E-state index in [4.69, 9.17) is 10.8 Å². The van der Waals surface area contributed by atoms with Crippen molar-refractivity contribution in [1.29, 1.82) is 0 Å². The lowest BCUT2D eigenvalue weighted by Gasteiger charge is -2.08. The molecule has 3 N–H and O–H groups in total. The van der Waals surface area contributed by atoms with Crippen molar-refractivity contribution in [2.75, 3.05) is 0 Å². The summed E-state index contributed by atoms with van der Waals surface area (Å²) in [5.74, 6) is -0.887. The van der Waals surface area contributed by atoms with E-state index in [2.05, 4.69) is 4.98 Å². The number of carboxylic acid groups (broad SMARTS) is 1. The van der Waals surface area contributed by atoms with Crippen LogP contribution in [0.4, 0.5) is 0 Å². The van der Waals surface area contributed by atoms with Gasteiger partial charge in [0.2, 0.25) is 0 Å². The summed E-state index contributed by atoms with van der Waals surface area (Å²) in [6, 6.07) is 3.09. The van der Waals surface area contributed by atoms with Crippen molar-refractivity contribution in [3.05, 3.63) is 29.6 Å². The Hall–Kier alpha value is -1.42. The van der Waals surface area contributed by atoms with E-state index in [-0.39, 0.29) is 6.42 Å². The van der Waals surface area contributed by atoms with Gasteiger partial charge >= 0.3 is 5.97 Å². The summed E-state index contributed by atoms with van der Waals surface area (Å²) >= 11 is 0. The van der Waals surface area contributed by atoms with Gasteiger partial charge in [-0.3, -0.25) is 9.78 Å². The number of nitrogens with two attached hydrogens (primary N) is 1. The lowest BCUT2D eigenvalue weighted by atomic mass is 10.1. The molecule has 70 valence electrons. The van der Waals surface area contributed by atoms with Crippen LogP contribution in [-0.4, -0.2) is 16.1 Å². The topological polar surface area (TPSA) is 76.2 Å². The van der Waals surface area contributed by atoms with Crippen LogP contribution >= 0.6 is 0 Å². The van der Waals surface area contributed by atoms with Crippen LogP contribution < -0.4 is 5.73 Å². The van der Waals surface area contributed by atoms with Gasteiger partial charge in [-0.1, -0.05) is 0 Å². The third kappa shape index (κ3) is 2.83. The fourth-order valence-electron chi connectivity index (χ4n) is 1.10. The number of hydrogen-bond donors (Lipinski definition) is 2. The molecule has 0 unspecified atom stereocenters. The Morgan fingerprint density at radius 3 is 3.00 bits per heavy atom. The first-order valence-electron chi connectivity index (χ1n) is 3.99. The van der Waals surface area contributed by atoms with Gasteiger partial charge in [0.25, 0.3) is 0 Å². The van der Waals surface area contributed by atoms with Gasteiger partial charge in [-0.25, -0.2) is 0 Å². The first-order chi connectivity index (χ1) is 6.09. The molecule has 1 atom stereocenters. The molecule has 0 aliphatic carbocycles. The number of aryl methyl sites for hydroxylation is 1. The predicted octanol–water partition coefficient (Wildman–Crippen LogP) is 0.865. The van der Waals surface area contributed by atoms with Gasteiger partial charge in [0.15, 0.2) is 0 Å². The number of pyridine rings is 1. The third-order valence-corrected chi connectivity index (χ3v) is 1.74. The van der Waals surface area contributed by atoms with Gasteiger partial charge in [0.1, 0.15) is 0 Å². The minimum Gasteiger partial charge on any atom is -0.481 e. The second kappa shape index (κ2) is 4.00. The van der Waals surface area contributed by atoms with Crippen molar-refractivity contribution in [3.8, 4) is 0 Å². The fraction of sp³-hybridized carbons (Fsp3) is 0.333. The summed E-state index contributed by atoms with van der Waals surface area (Å²) < 4.78 is 0. The molecular formula is C9H12N2O2. The molecule has 0 fully saturated rings. The summed E-state index contributed by atoms with van der Waals surface area (Å²) in [5, 5.41) is 8.52. The highest BCUT2D eigenvalue weighted by atomic mass is 16.4. The molecule has 0 bridgehead atoms. The van der Waals surface area contributed by atoms with E-state index in [1.807, 2.05) is 6.92 Å². The number of carboxylic acids is 1. The Balaban J connectivity index is 2.76. The Labute approximate surface area is 76.4 Å². The summed E-state index contributed by atoms with van der Waals surface area (Å²) in [7, 11) is 0. The highest BCUT2D eigenvalue weighted by molar-refractivity contribution is 5.67. The van der Waals surface area contributed by atoms with Gasteiger partial charge in [0, 0.05) is 17.9 Å². The van der Waals surface area contributed by atoms with Gasteiger partial charge in [-0.2, -0.15) is 0 Å². The lowest BCUT2D eigenvalue weighted by molar-refractivity contribution is -0.137. The molecule has 0 saturated carbocycles. The first-order valence-corrected chi connectivity index (χ1v) is 3.99. The van der Waals surface area contributed by atoms with Crippen molar-refractivity contribution < 1.29 is 9.90 Å². The number of carbonyl (C=O) groups is 1. The summed E-state index contributed by atoms with van der Waals surface area (Å²) in [5.41, 5.74) is 7.32. The Morgan fingerprint density at radius 2 is 2.46 bits per heavy atom. The van der Waals surface area contributed by atoms with Crippen LogP contribution in [0, 0.1) is 6.92 Å². The molecule has 1 heterocycles. The number of nitrogens with zero attached hydrogens (tertiary/aromatic N) is 1. The minimum absolute atomic E-state index is 0.0521. The molecule has 4 heteroatoms. The van der Waals surface area contributed by atoms with E-state index >= 15 is 0 Å². The zero-order chi connectivity index (χ0) is 9.84. The van der Waals surface area contributed by atoms with E-state index in [1.54, 1.807) is 18.3 Å². The fourth-order valence-corrected chi connectivity index (χ4v) is 1.10. The molecule has 0 aliphatic rings. The maximum Gasteiger partial charge on any atom is 0.305 e. The Morgan fingerprint density at radius 1 is 1.77 bits per heavy atom. The zero-order valence-corrected chi connectivity index (χ0v) is 7.40. The van der Waals surface area contributed by atoms with Crippen LogP contribution in [0.3, 0.4) is 0 Å². The van der Waals surface area contributed by atoms with E-state index < -0.39 is 12.0 Å². The predicted molar refractivity (Wildman–Crippen MR) is 48.2 cm³/mol. The first kappa shape index (κ1) is 9.67. The minimum atomic E-state index is -0.887. The van der Waals surface area contributed by atoms with Crippen LogP contribution in [0.5, 0.6) is 0 Å². The highest BCUT2D eigenvalue weighted by Gasteiger charge is 2.10. The molecule has 0 spiro atoms. The van der Waals surface area contributed by atoms with Crippen LogP contribution in [0.15, 0.2) is 18.3 Å². The lowest BCUT2D eigenvalue weighted by Crippen LogP contribution is -2.15. The average molecular weight is 180 g/mol. The number of rotatable bonds is 3. The van der Waals surface area contributed by atoms with E-state index in [0.717, 1.165) is 11.3 Å². The molecule has 1 rings (SSSR count). The highest BCUT2D eigenvalue weighted by Crippen LogP contribution is 2.13. The average Bonchev–Trinajstić information content (AvgIpc) is 2.03. The molecule has 1 aromatic rings. The number of aromatic nitrogens is 1. The Bertz CT molecular complexity index is 312. The van der Waals surface area contributed by atoms with Crippen LogP contribution in [0.2, 0.25) is 0 Å². The van der Waals surface area contributed by atoms with E-state index in [0.29, 0.717) is 0 Å². The third-order valence-electron chi connectivity index (χ3n) is 1.74. The van der Waals surface area contributed by atoms with Gasteiger partial charge in [0.05, 0.1) is 6.42 Å². The van der Waals surface area contributed by atoms with Crippen LogP contribution in [0.1, 0.15) is 23.7 Å². The molecule has 0 radical (unpaired) electrons. The van der Waals surface area contributed by atoms with Crippen LogP contribution in [-0.2, 0) is 4.79 Å². The quantitative estimate of drug-likeness (QED) is 0.723. The van der Waals surface area contributed by atoms with Crippen molar-refractivity contribution in [2.24, 2.45) is 5.73 Å². The smallest absolute Gasteiger partial charge is 0.305 e. The van der Waals surface area contributed by atoms with E-state index in [1.165, 1.54) is 0 Å². The molecule has 0 amide bonds. The number of aliphatic carboxylic acids is 1. The van der Waals surface area contributed by atoms with Crippen molar-refractivity contribution in [2.45, 2.75) is 19.4 Å². The summed E-state index contributed by atoms with van der Waals surface area (Å²) in [6.07, 6.45) is 1.58. The zero-order valence-electron chi connectivity index (χ0n) is 7.40. The van der Waals surface area contributed by atoms with Crippen molar-refractivity contribution in [1.82, 2.24) is 4.98 Å². The SMILES string of the molecule is Cc1cc([C@@H](N)CC(=O)O)ccn1. The second-order valence-corrected chi connectivity index (χ2v) is 2.93. The maximum absolute atomic E-state index is 10.4. The standard InChI is InChI=1S/C9H12N2O2/c1-6-4-7(2-3-11-6)8(10)5-9(12)13/h2-4,8H,5,10H2,1H3,(H,12,13)/t8-/m0/s1.